The second kappa shape index (κ2) is 7.98. The Kier molecular flexibility index (Phi) is 6.22. The number of aliphatic hydroxyl groups excluding tert-OH is 2. The fraction of sp³-hybridized carbons (Fsp3) is 0.562. The zero-order valence-corrected chi connectivity index (χ0v) is 13.2. The van der Waals surface area contributed by atoms with Crippen LogP contribution in [0.2, 0.25) is 0 Å². The van der Waals surface area contributed by atoms with E-state index < -0.39 is 29.2 Å². The Labute approximate surface area is 138 Å². The van der Waals surface area contributed by atoms with Crippen LogP contribution in [0.1, 0.15) is 18.4 Å². The first kappa shape index (κ1) is 18.7. The number of halogens is 2. The number of amides is 1. The van der Waals surface area contributed by atoms with Gasteiger partial charge in [0.05, 0.1) is 19.3 Å². The number of benzene rings is 1. The lowest BCUT2D eigenvalue weighted by molar-refractivity contribution is -0.157. The molecule has 0 unspecified atom stereocenters. The van der Waals surface area contributed by atoms with Crippen LogP contribution in [0, 0.1) is 11.6 Å². The number of rotatable bonds is 7. The van der Waals surface area contributed by atoms with Crippen molar-refractivity contribution in [1.29, 1.82) is 0 Å². The maximum atomic E-state index is 13.8. The van der Waals surface area contributed by atoms with Crippen LogP contribution in [-0.2, 0) is 11.3 Å². The van der Waals surface area contributed by atoms with Gasteiger partial charge in [-0.05, 0) is 18.9 Å². The van der Waals surface area contributed by atoms with Crippen molar-refractivity contribution in [3.05, 3.63) is 35.4 Å². The lowest BCUT2D eigenvalue weighted by atomic mass is 9.91. The Balaban J connectivity index is 2.07. The van der Waals surface area contributed by atoms with E-state index in [-0.39, 0.29) is 38.3 Å². The summed E-state index contributed by atoms with van der Waals surface area (Å²) in [6.07, 6.45) is 0.717. The van der Waals surface area contributed by atoms with E-state index in [9.17, 15) is 18.7 Å². The molecule has 1 aromatic carbocycles. The van der Waals surface area contributed by atoms with Crippen molar-refractivity contribution in [1.82, 2.24) is 10.2 Å². The van der Waals surface area contributed by atoms with Crippen molar-refractivity contribution < 1.29 is 28.9 Å². The molecule has 1 fully saturated rings. The van der Waals surface area contributed by atoms with Gasteiger partial charge in [0, 0.05) is 25.2 Å². The molecule has 1 saturated heterocycles. The summed E-state index contributed by atoms with van der Waals surface area (Å²) in [5.41, 5.74) is -1.66. The van der Waals surface area contributed by atoms with Gasteiger partial charge in [0.1, 0.15) is 0 Å². The maximum absolute atomic E-state index is 13.8. The monoisotopic (exact) mass is 344 g/mol. The smallest absolute Gasteiger partial charge is 0.256 e. The lowest BCUT2D eigenvalue weighted by Gasteiger charge is -2.39. The number of nitrogens with zero attached hydrogens (tertiary/aromatic N) is 1. The van der Waals surface area contributed by atoms with Gasteiger partial charge in [-0.3, -0.25) is 4.79 Å². The summed E-state index contributed by atoms with van der Waals surface area (Å²) < 4.78 is 27.1. The number of carbonyl (C=O) groups is 1. The Bertz CT molecular complexity index is 583. The molecule has 1 aromatic rings. The van der Waals surface area contributed by atoms with Crippen molar-refractivity contribution in [3.8, 4) is 0 Å². The highest BCUT2D eigenvalue weighted by Crippen LogP contribution is 2.25. The molecule has 0 saturated carbocycles. The molecular formula is C16H22F2N2O4. The molecule has 2 rings (SSSR count). The predicted molar refractivity (Wildman–Crippen MR) is 81.9 cm³/mol. The number of carbonyl (C=O) groups excluding carboxylic acids is 1. The van der Waals surface area contributed by atoms with E-state index in [0.717, 1.165) is 6.07 Å². The van der Waals surface area contributed by atoms with Gasteiger partial charge in [0.15, 0.2) is 17.2 Å². The topological polar surface area (TPSA) is 93.0 Å². The molecule has 0 bridgehead atoms. The van der Waals surface area contributed by atoms with E-state index in [1.807, 2.05) is 0 Å². The van der Waals surface area contributed by atoms with E-state index in [0.29, 0.717) is 13.0 Å². The molecule has 8 heteroatoms. The molecule has 1 aliphatic rings. The molecule has 0 aliphatic carbocycles. The van der Waals surface area contributed by atoms with Gasteiger partial charge < -0.3 is 25.5 Å². The highest BCUT2D eigenvalue weighted by atomic mass is 19.2. The molecule has 24 heavy (non-hydrogen) atoms. The summed E-state index contributed by atoms with van der Waals surface area (Å²) in [6.45, 7) is -0.605. The third-order valence-corrected chi connectivity index (χ3v) is 4.22. The van der Waals surface area contributed by atoms with Crippen LogP contribution >= 0.6 is 0 Å². The Morgan fingerprint density at radius 3 is 2.67 bits per heavy atom. The van der Waals surface area contributed by atoms with Crippen LogP contribution in [0.5, 0.6) is 0 Å². The van der Waals surface area contributed by atoms with Gasteiger partial charge in [-0.25, -0.2) is 8.78 Å². The van der Waals surface area contributed by atoms with Gasteiger partial charge in [0.25, 0.3) is 5.91 Å². The SMILES string of the molecule is O=C1N(Cc2cccc(F)c2F)CCC[C@@]1(O)CNC(CO)CO. The van der Waals surface area contributed by atoms with Crippen molar-refractivity contribution in [2.24, 2.45) is 0 Å². The molecule has 134 valence electrons. The van der Waals surface area contributed by atoms with E-state index in [4.69, 9.17) is 10.2 Å². The summed E-state index contributed by atoms with van der Waals surface area (Å²) >= 11 is 0. The van der Waals surface area contributed by atoms with Crippen molar-refractivity contribution >= 4 is 5.91 Å². The van der Waals surface area contributed by atoms with Gasteiger partial charge in [-0.15, -0.1) is 0 Å². The summed E-state index contributed by atoms with van der Waals surface area (Å²) in [6, 6.07) is 3.12. The zero-order chi connectivity index (χ0) is 17.7. The van der Waals surface area contributed by atoms with Gasteiger partial charge in [0.2, 0.25) is 0 Å². The van der Waals surface area contributed by atoms with Crippen LogP contribution < -0.4 is 5.32 Å². The van der Waals surface area contributed by atoms with Crippen molar-refractivity contribution in [2.45, 2.75) is 31.0 Å². The number of nitrogens with one attached hydrogen (secondary N) is 1. The van der Waals surface area contributed by atoms with E-state index in [2.05, 4.69) is 5.32 Å². The quantitative estimate of drug-likeness (QED) is 0.548. The van der Waals surface area contributed by atoms with E-state index in [1.165, 1.54) is 17.0 Å². The minimum atomic E-state index is -1.70. The molecule has 0 spiro atoms. The molecule has 0 radical (unpaired) electrons. The Morgan fingerprint density at radius 2 is 2.00 bits per heavy atom. The van der Waals surface area contributed by atoms with Gasteiger partial charge >= 0.3 is 0 Å². The average molecular weight is 344 g/mol. The highest BCUT2D eigenvalue weighted by molar-refractivity contribution is 5.86. The largest absolute Gasteiger partial charge is 0.395 e. The van der Waals surface area contributed by atoms with Crippen molar-refractivity contribution in [3.63, 3.8) is 0 Å². The fourth-order valence-electron chi connectivity index (χ4n) is 2.76. The van der Waals surface area contributed by atoms with E-state index in [1.54, 1.807) is 0 Å². The average Bonchev–Trinajstić information content (AvgIpc) is 2.57. The normalized spacial score (nSPS) is 21.6. The first-order chi connectivity index (χ1) is 11.4. The minimum absolute atomic E-state index is 0.0455. The standard InChI is InChI=1S/C16H22F2N2O4/c17-13-4-1-3-11(14(13)18)7-20-6-2-5-16(24,15(20)23)10-19-12(8-21)9-22/h1,3-4,12,19,21-22,24H,2,5-10H2/t16-/m1/s1. The lowest BCUT2D eigenvalue weighted by Crippen LogP contribution is -2.59. The second-order valence-electron chi connectivity index (χ2n) is 6.02. The summed E-state index contributed by atoms with van der Waals surface area (Å²) in [4.78, 5) is 13.8. The number of likely N-dealkylation sites (tertiary alicyclic amines) is 1. The Hall–Kier alpha value is -1.61. The second-order valence-corrected chi connectivity index (χ2v) is 6.02. The third-order valence-electron chi connectivity index (χ3n) is 4.22. The van der Waals surface area contributed by atoms with Crippen LogP contribution in [0.3, 0.4) is 0 Å². The van der Waals surface area contributed by atoms with Gasteiger partial charge in [-0.1, -0.05) is 12.1 Å². The summed E-state index contributed by atoms with van der Waals surface area (Å²) in [7, 11) is 0. The number of hydrogen-bond acceptors (Lipinski definition) is 5. The molecule has 1 atom stereocenters. The number of piperidine rings is 1. The number of hydrogen-bond donors (Lipinski definition) is 4. The first-order valence-electron chi connectivity index (χ1n) is 7.81. The summed E-state index contributed by atoms with van der Waals surface area (Å²) in [5.74, 6) is -2.57. The highest BCUT2D eigenvalue weighted by Gasteiger charge is 2.42. The van der Waals surface area contributed by atoms with Crippen LogP contribution in [0.25, 0.3) is 0 Å². The third kappa shape index (κ3) is 4.07. The molecular weight excluding hydrogens is 322 g/mol. The minimum Gasteiger partial charge on any atom is -0.395 e. The van der Waals surface area contributed by atoms with E-state index >= 15 is 0 Å². The van der Waals surface area contributed by atoms with Crippen LogP contribution in [0.15, 0.2) is 18.2 Å². The molecule has 1 aliphatic heterocycles. The van der Waals surface area contributed by atoms with Crippen molar-refractivity contribution in [2.75, 3.05) is 26.3 Å². The molecule has 1 heterocycles. The molecule has 1 amide bonds. The van der Waals surface area contributed by atoms with Crippen LogP contribution in [0.4, 0.5) is 8.78 Å². The van der Waals surface area contributed by atoms with Crippen LogP contribution in [-0.4, -0.2) is 64.1 Å². The Morgan fingerprint density at radius 1 is 1.29 bits per heavy atom. The zero-order valence-electron chi connectivity index (χ0n) is 13.2. The van der Waals surface area contributed by atoms with Gasteiger partial charge in [-0.2, -0.15) is 0 Å². The fourth-order valence-corrected chi connectivity index (χ4v) is 2.76. The maximum Gasteiger partial charge on any atom is 0.256 e. The first-order valence-corrected chi connectivity index (χ1v) is 7.81. The molecule has 0 aromatic heterocycles. The predicted octanol–water partition coefficient (Wildman–Crippen LogP) is -0.239. The molecule has 6 nitrogen and oxygen atoms in total. The summed E-state index contributed by atoms with van der Waals surface area (Å²) in [5, 5.41) is 31.4. The molecule has 4 N–H and O–H groups in total. The number of aliphatic hydroxyl groups is 3.